The highest BCUT2D eigenvalue weighted by atomic mass is 32.1. The predicted octanol–water partition coefficient (Wildman–Crippen LogP) is 11.2. The summed E-state index contributed by atoms with van der Waals surface area (Å²) in [6, 6.07) is 53.3. The highest BCUT2D eigenvalue weighted by molar-refractivity contribution is 7.26. The van der Waals surface area contributed by atoms with Crippen LogP contribution in [-0.4, -0.2) is 15.0 Å². The van der Waals surface area contributed by atoms with Crippen molar-refractivity contribution in [2.75, 3.05) is 0 Å². The fraction of sp³-hybridized carbons (Fsp3) is 0. The Bertz CT molecular complexity index is 2480. The zero-order valence-corrected chi connectivity index (χ0v) is 25.0. The molecule has 0 aliphatic heterocycles. The third kappa shape index (κ3) is 4.38. The minimum absolute atomic E-state index is 0.654. The van der Waals surface area contributed by atoms with Crippen LogP contribution in [0.3, 0.4) is 0 Å². The zero-order valence-electron chi connectivity index (χ0n) is 24.2. The Morgan fingerprint density at radius 2 is 0.956 bits per heavy atom. The van der Waals surface area contributed by atoms with Crippen LogP contribution < -0.4 is 0 Å². The van der Waals surface area contributed by atoms with Crippen LogP contribution in [0.4, 0.5) is 0 Å². The molecule has 0 aliphatic rings. The molecule has 2 heterocycles. The molecular weight excluding hydrogens is 567 g/mol. The fourth-order valence-electron chi connectivity index (χ4n) is 6.42. The third-order valence-electron chi connectivity index (χ3n) is 8.51. The maximum atomic E-state index is 5.05. The van der Waals surface area contributed by atoms with Crippen molar-refractivity contribution in [2.24, 2.45) is 0 Å². The van der Waals surface area contributed by atoms with Crippen molar-refractivity contribution in [3.8, 4) is 45.3 Å². The number of hydrogen-bond acceptors (Lipinski definition) is 4. The molecule has 7 aromatic carbocycles. The summed E-state index contributed by atoms with van der Waals surface area (Å²) in [6.07, 6.45) is 0. The first-order valence-corrected chi connectivity index (χ1v) is 15.9. The maximum Gasteiger partial charge on any atom is 0.164 e. The van der Waals surface area contributed by atoms with Gasteiger partial charge in [0.05, 0.1) is 0 Å². The Balaban J connectivity index is 1.31. The molecule has 0 fully saturated rings. The van der Waals surface area contributed by atoms with Crippen LogP contribution in [0.5, 0.6) is 0 Å². The summed E-state index contributed by atoms with van der Waals surface area (Å²) >= 11 is 1.86. The first kappa shape index (κ1) is 25.8. The predicted molar refractivity (Wildman–Crippen MR) is 189 cm³/mol. The van der Waals surface area contributed by atoms with Crippen LogP contribution in [-0.2, 0) is 0 Å². The fourth-order valence-corrected chi connectivity index (χ4v) is 7.54. The normalized spacial score (nSPS) is 11.6. The average Bonchev–Trinajstić information content (AvgIpc) is 3.51. The summed E-state index contributed by atoms with van der Waals surface area (Å²) in [5.41, 5.74) is 5.24. The van der Waals surface area contributed by atoms with Gasteiger partial charge in [-0.05, 0) is 56.9 Å². The molecule has 0 atom stereocenters. The first-order chi connectivity index (χ1) is 22.3. The van der Waals surface area contributed by atoms with Crippen LogP contribution in [0.1, 0.15) is 0 Å². The van der Waals surface area contributed by atoms with E-state index < -0.39 is 0 Å². The first-order valence-electron chi connectivity index (χ1n) is 15.0. The van der Waals surface area contributed by atoms with Gasteiger partial charge < -0.3 is 0 Å². The van der Waals surface area contributed by atoms with E-state index in [0.717, 1.165) is 27.6 Å². The topological polar surface area (TPSA) is 38.7 Å². The van der Waals surface area contributed by atoms with Gasteiger partial charge in [-0.25, -0.2) is 15.0 Å². The van der Waals surface area contributed by atoms with E-state index in [9.17, 15) is 0 Å². The van der Waals surface area contributed by atoms with Crippen molar-refractivity contribution in [1.29, 1.82) is 0 Å². The lowest BCUT2D eigenvalue weighted by atomic mass is 9.91. The van der Waals surface area contributed by atoms with E-state index in [-0.39, 0.29) is 0 Å². The summed E-state index contributed by atoms with van der Waals surface area (Å²) in [5.74, 6) is 1.97. The lowest BCUT2D eigenvalue weighted by molar-refractivity contribution is 1.07. The van der Waals surface area contributed by atoms with E-state index in [2.05, 4.69) is 91.0 Å². The smallest absolute Gasteiger partial charge is 0.164 e. The van der Waals surface area contributed by atoms with Crippen molar-refractivity contribution in [3.63, 3.8) is 0 Å². The van der Waals surface area contributed by atoms with Crippen LogP contribution in [0.25, 0.3) is 87.0 Å². The van der Waals surface area contributed by atoms with Crippen molar-refractivity contribution in [3.05, 3.63) is 152 Å². The quantitative estimate of drug-likeness (QED) is 0.204. The lowest BCUT2D eigenvalue weighted by Gasteiger charge is -2.14. The van der Waals surface area contributed by atoms with Gasteiger partial charge in [0.25, 0.3) is 0 Å². The lowest BCUT2D eigenvalue weighted by Crippen LogP contribution is -2.00. The van der Waals surface area contributed by atoms with Crippen LogP contribution >= 0.6 is 11.3 Å². The van der Waals surface area contributed by atoms with Gasteiger partial charge in [-0.3, -0.25) is 0 Å². The highest BCUT2D eigenvalue weighted by Crippen LogP contribution is 2.43. The van der Waals surface area contributed by atoms with E-state index in [1.807, 2.05) is 72.0 Å². The highest BCUT2D eigenvalue weighted by Gasteiger charge is 2.17. The number of fused-ring (bicyclic) bond motifs is 6. The summed E-state index contributed by atoms with van der Waals surface area (Å²) < 4.78 is 2.63. The van der Waals surface area contributed by atoms with Crippen molar-refractivity contribution >= 4 is 53.1 Å². The van der Waals surface area contributed by atoms with Gasteiger partial charge in [-0.1, -0.05) is 127 Å². The van der Waals surface area contributed by atoms with Crippen LogP contribution in [0.15, 0.2) is 152 Å². The Labute approximate surface area is 264 Å². The molecule has 9 aromatic rings. The van der Waals surface area contributed by atoms with E-state index in [4.69, 9.17) is 15.0 Å². The van der Waals surface area contributed by atoms with Gasteiger partial charge in [0.2, 0.25) is 0 Å². The molecule has 0 N–H and O–H groups in total. The second-order valence-electron chi connectivity index (χ2n) is 11.2. The summed E-state index contributed by atoms with van der Waals surface area (Å²) in [4.78, 5) is 15.0. The van der Waals surface area contributed by atoms with E-state index in [1.54, 1.807) is 0 Å². The Morgan fingerprint density at radius 3 is 1.69 bits per heavy atom. The van der Waals surface area contributed by atoms with Crippen LogP contribution in [0.2, 0.25) is 0 Å². The molecule has 3 nitrogen and oxygen atoms in total. The molecule has 0 saturated heterocycles. The average molecular weight is 592 g/mol. The molecule has 0 saturated carbocycles. The summed E-state index contributed by atoms with van der Waals surface area (Å²) in [6.45, 7) is 0. The second-order valence-corrected chi connectivity index (χ2v) is 12.3. The van der Waals surface area contributed by atoms with Crippen molar-refractivity contribution in [2.45, 2.75) is 0 Å². The monoisotopic (exact) mass is 591 g/mol. The molecule has 0 radical (unpaired) electrons. The molecule has 0 unspecified atom stereocenters. The Kier molecular flexibility index (Phi) is 6.00. The standard InChI is InChI=1S/C41H25N3S/c1-3-12-26(13-4-1)39-42-40(27-14-5-2-6-15-27)44-41(43-39)29-24-28-16-7-8-17-30(28)35(25-29)31-19-11-20-33-32(31)22-23-37-38(33)34-18-9-10-21-36(34)45-37/h1-25H. The van der Waals surface area contributed by atoms with E-state index in [0.29, 0.717) is 17.5 Å². The summed E-state index contributed by atoms with van der Waals surface area (Å²) in [7, 11) is 0. The Hall–Kier alpha value is -5.71. The second kappa shape index (κ2) is 10.5. The van der Waals surface area contributed by atoms with E-state index in [1.165, 1.54) is 41.9 Å². The molecular formula is C41H25N3S. The molecule has 4 heteroatoms. The van der Waals surface area contributed by atoms with Gasteiger partial charge in [-0.15, -0.1) is 11.3 Å². The van der Waals surface area contributed by atoms with Gasteiger partial charge in [0.1, 0.15) is 0 Å². The third-order valence-corrected chi connectivity index (χ3v) is 9.65. The minimum Gasteiger partial charge on any atom is -0.208 e. The van der Waals surface area contributed by atoms with E-state index >= 15 is 0 Å². The maximum absolute atomic E-state index is 5.05. The molecule has 0 aliphatic carbocycles. The van der Waals surface area contributed by atoms with Gasteiger partial charge in [0.15, 0.2) is 17.5 Å². The van der Waals surface area contributed by atoms with Gasteiger partial charge in [-0.2, -0.15) is 0 Å². The molecule has 2 aromatic heterocycles. The number of hydrogen-bond donors (Lipinski definition) is 0. The number of nitrogens with zero attached hydrogens (tertiary/aromatic N) is 3. The number of benzene rings is 7. The largest absolute Gasteiger partial charge is 0.208 e. The number of rotatable bonds is 4. The summed E-state index contributed by atoms with van der Waals surface area (Å²) in [5, 5.41) is 7.49. The van der Waals surface area contributed by atoms with Gasteiger partial charge in [0, 0.05) is 36.9 Å². The number of aromatic nitrogens is 3. The minimum atomic E-state index is 0.654. The zero-order chi connectivity index (χ0) is 29.7. The molecule has 0 spiro atoms. The molecule has 9 rings (SSSR count). The molecule has 210 valence electrons. The van der Waals surface area contributed by atoms with Crippen molar-refractivity contribution in [1.82, 2.24) is 15.0 Å². The van der Waals surface area contributed by atoms with Crippen LogP contribution in [0, 0.1) is 0 Å². The SMILES string of the molecule is c1ccc(-c2nc(-c3ccccc3)nc(-c3cc(-c4cccc5c4ccc4sc6ccccc6c45)c4ccccc4c3)n2)cc1. The molecule has 0 amide bonds. The van der Waals surface area contributed by atoms with Crippen molar-refractivity contribution < 1.29 is 0 Å². The Morgan fingerprint density at radius 1 is 0.356 bits per heavy atom. The molecule has 45 heavy (non-hydrogen) atoms. The van der Waals surface area contributed by atoms with Gasteiger partial charge >= 0.3 is 0 Å². The number of thiophene rings is 1. The molecule has 0 bridgehead atoms.